The number of carboxylic acid groups (broad SMARTS) is 2. The molecule has 0 aliphatic heterocycles. The molecular formula is C4H6CoN6O4. The van der Waals surface area contributed by atoms with E-state index in [1.807, 2.05) is 0 Å². The smallest absolute Gasteiger partial charge is 0.550 e. The van der Waals surface area contributed by atoms with Crippen LogP contribution in [0, 0.1) is 0 Å². The summed E-state index contributed by atoms with van der Waals surface area (Å²) < 4.78 is 0. The van der Waals surface area contributed by atoms with E-state index in [1.54, 1.807) is 0 Å². The van der Waals surface area contributed by atoms with Crippen LogP contribution >= 0.6 is 0 Å². The van der Waals surface area contributed by atoms with Gasteiger partial charge in [0.15, 0.2) is 0 Å². The maximum Gasteiger partial charge on any atom is 2.00 e. The predicted molar refractivity (Wildman–Crippen MR) is 34.2 cm³/mol. The van der Waals surface area contributed by atoms with Gasteiger partial charge in [-0.15, -0.1) is 0 Å². The summed E-state index contributed by atoms with van der Waals surface area (Å²) in [5.41, 5.74) is 0. The van der Waals surface area contributed by atoms with Crippen LogP contribution in [-0.4, -0.2) is 11.9 Å². The summed E-state index contributed by atoms with van der Waals surface area (Å²) >= 11 is 0. The van der Waals surface area contributed by atoms with Gasteiger partial charge < -0.3 is 19.8 Å². The first-order valence-electron chi connectivity index (χ1n) is 1.82. The average molecular weight is 261 g/mol. The Labute approximate surface area is 99.9 Å². The molecule has 0 N–H and O–H groups in total. The summed E-state index contributed by atoms with van der Waals surface area (Å²) in [5.74, 6) is -2.17. The van der Waals surface area contributed by atoms with E-state index < -0.39 is 11.9 Å². The molecule has 15 heavy (non-hydrogen) atoms. The molecule has 10 nitrogen and oxygen atoms in total. The van der Waals surface area contributed by atoms with E-state index in [-0.39, 0.29) is 53.7 Å². The van der Waals surface area contributed by atoms with Gasteiger partial charge in [-0.3, -0.25) is 0 Å². The van der Waals surface area contributed by atoms with Crippen LogP contribution in [-0.2, 0) is 26.4 Å². The van der Waals surface area contributed by atoms with Gasteiger partial charge in [0, 0.05) is 48.8 Å². The van der Waals surface area contributed by atoms with Gasteiger partial charge in [0.05, 0.1) is 0 Å². The largest absolute Gasteiger partial charge is 2.00 e. The molecule has 85 valence electrons. The van der Waals surface area contributed by atoms with Crippen molar-refractivity contribution in [3.05, 3.63) is 0 Å². The zero-order chi connectivity index (χ0) is 7.15. The van der Waals surface area contributed by atoms with Crippen LogP contribution in [0.5, 0.6) is 0 Å². The van der Waals surface area contributed by atoms with Crippen molar-refractivity contribution >= 4 is 11.9 Å². The zero-order valence-electron chi connectivity index (χ0n) is 7.65. The molecule has 0 aromatic rings. The van der Waals surface area contributed by atoms with Crippen LogP contribution in [0.4, 0.5) is 0 Å². The van der Waals surface area contributed by atoms with Gasteiger partial charge >= 0.3 is 16.8 Å². The number of nitrogens with zero attached hydrogens (tertiary/aromatic N) is 6. The number of carbonyl (C=O) groups is 2. The fourth-order valence-electron chi connectivity index (χ4n) is 0. The second-order valence-corrected chi connectivity index (χ2v) is 0.983. The first-order valence-corrected chi connectivity index (χ1v) is 1.82. The third-order valence-electron chi connectivity index (χ3n) is 0. The van der Waals surface area contributed by atoms with E-state index in [1.165, 1.54) is 0 Å². The van der Waals surface area contributed by atoms with Gasteiger partial charge in [-0.05, 0) is 13.8 Å². The quantitative estimate of drug-likeness (QED) is 0.412. The van der Waals surface area contributed by atoms with Crippen molar-refractivity contribution in [3.63, 3.8) is 0 Å². The number of aliphatic carboxylic acids is 2. The molecule has 0 amide bonds. The minimum absolute atomic E-state index is 0. The number of hydrogen-bond donors (Lipinski definition) is 0. The molecule has 19 radical (unpaired) electrons. The molecule has 0 bridgehead atoms. The Hall–Kier alpha value is -0.794. The molecule has 0 aliphatic carbocycles. The van der Waals surface area contributed by atoms with Gasteiger partial charge in [0.25, 0.3) is 0 Å². The maximum atomic E-state index is 8.89. The third kappa shape index (κ3) is 2630. The van der Waals surface area contributed by atoms with E-state index in [2.05, 4.69) is 0 Å². The van der Waals surface area contributed by atoms with Crippen LogP contribution < -0.4 is 47.1 Å². The van der Waals surface area contributed by atoms with Gasteiger partial charge in [0.1, 0.15) is 0 Å². The van der Waals surface area contributed by atoms with Crippen LogP contribution in [0.1, 0.15) is 13.8 Å². The molecule has 0 saturated heterocycles. The molecule has 0 aromatic heterocycles. The van der Waals surface area contributed by atoms with Crippen molar-refractivity contribution in [2.45, 2.75) is 13.8 Å². The number of hydrogen-bond acceptors (Lipinski definition) is 4. The summed E-state index contributed by atoms with van der Waals surface area (Å²) in [7, 11) is 0. The number of carboxylic acids is 2. The molecule has 0 spiro atoms. The Morgan fingerprint density at radius 3 is 0.667 bits per heavy atom. The Kier molecular flexibility index (Phi) is 442. The van der Waals surface area contributed by atoms with Crippen LogP contribution in [0.15, 0.2) is 0 Å². The summed E-state index contributed by atoms with van der Waals surface area (Å²) in [6, 6.07) is 0. The van der Waals surface area contributed by atoms with Crippen LogP contribution in [0.3, 0.4) is 0 Å². The molecule has 0 aliphatic rings. The normalized spacial score (nSPS) is 3.33. The Morgan fingerprint density at radius 1 is 0.667 bits per heavy atom. The molecule has 0 heterocycles. The predicted octanol–water partition coefficient (Wildman–Crippen LogP) is -5.37. The second kappa shape index (κ2) is 72.6. The SMILES string of the molecule is CC(=O)[O-].CC(=O)[O-].[Co+2].[N].[N].[N].[N].[N].[N]. The molecule has 0 atom stereocenters. The summed E-state index contributed by atoms with van der Waals surface area (Å²) in [4.78, 5) is 17.8. The number of carbonyl (C=O) groups excluding carboxylic acids is 2. The standard InChI is InChI=1S/2C2H4O2.Co.6N/c2*1-2(3)4;;;;;;;/h2*1H3,(H,3,4);;;;;;;/q;;+2;;;;;;/p-2. The van der Waals surface area contributed by atoms with Crippen LogP contribution in [0.2, 0.25) is 0 Å². The zero-order valence-corrected chi connectivity index (χ0v) is 8.69. The minimum atomic E-state index is -1.08. The van der Waals surface area contributed by atoms with E-state index in [9.17, 15) is 0 Å². The fourth-order valence-corrected chi connectivity index (χ4v) is 0. The molecule has 0 rings (SSSR count). The Balaban J connectivity index is -0.00000000468. The van der Waals surface area contributed by atoms with Gasteiger partial charge in [-0.25, -0.2) is 0 Å². The van der Waals surface area contributed by atoms with E-state index in [4.69, 9.17) is 19.8 Å². The fraction of sp³-hybridized carbons (Fsp3) is 0.500. The van der Waals surface area contributed by atoms with E-state index in [0.29, 0.717) is 0 Å². The summed E-state index contributed by atoms with van der Waals surface area (Å²) in [6.07, 6.45) is 0. The summed E-state index contributed by atoms with van der Waals surface area (Å²) in [6.45, 7) is 1.94. The maximum absolute atomic E-state index is 8.89. The molecular weight excluding hydrogens is 255 g/mol. The van der Waals surface area contributed by atoms with Crippen molar-refractivity contribution in [3.8, 4) is 0 Å². The second-order valence-electron chi connectivity index (χ2n) is 0.983. The first-order chi connectivity index (χ1) is 3.46. The van der Waals surface area contributed by atoms with Gasteiger partial charge in [-0.2, -0.15) is 0 Å². The monoisotopic (exact) mass is 261 g/mol. The molecule has 0 fully saturated rings. The van der Waals surface area contributed by atoms with Crippen molar-refractivity contribution in [1.82, 2.24) is 36.9 Å². The van der Waals surface area contributed by atoms with E-state index >= 15 is 0 Å². The topological polar surface area (TPSA) is 263 Å². The molecule has 0 saturated carbocycles. The van der Waals surface area contributed by atoms with Crippen molar-refractivity contribution in [2.75, 3.05) is 0 Å². The Bertz CT molecular complexity index is 85.1. The van der Waals surface area contributed by atoms with Crippen molar-refractivity contribution < 1.29 is 36.6 Å². The summed E-state index contributed by atoms with van der Waals surface area (Å²) in [5, 5.41) is 17.8. The van der Waals surface area contributed by atoms with Crippen LogP contribution in [0.25, 0.3) is 0 Å². The molecule has 11 heteroatoms. The molecule has 0 unspecified atom stereocenters. The Morgan fingerprint density at radius 2 is 0.667 bits per heavy atom. The third-order valence-corrected chi connectivity index (χ3v) is 0. The van der Waals surface area contributed by atoms with E-state index in [0.717, 1.165) is 13.8 Å². The van der Waals surface area contributed by atoms with Gasteiger partial charge in [-0.1, -0.05) is 0 Å². The number of rotatable bonds is 0. The van der Waals surface area contributed by atoms with Crippen molar-refractivity contribution in [2.24, 2.45) is 0 Å². The first kappa shape index (κ1) is 91.4. The van der Waals surface area contributed by atoms with Crippen molar-refractivity contribution in [1.29, 1.82) is 0 Å². The molecule has 0 aromatic carbocycles. The van der Waals surface area contributed by atoms with Gasteiger partial charge in [0.2, 0.25) is 0 Å². The average Bonchev–Trinajstić information content (AvgIpc) is 1.25. The minimum Gasteiger partial charge on any atom is -0.550 e.